The van der Waals surface area contributed by atoms with Gasteiger partial charge in [-0.2, -0.15) is 4.98 Å². The molecule has 1 N–H and O–H groups in total. The van der Waals surface area contributed by atoms with Gasteiger partial charge in [0.15, 0.2) is 0 Å². The molecule has 144 valence electrons. The lowest BCUT2D eigenvalue weighted by molar-refractivity contribution is -0.122. The van der Waals surface area contributed by atoms with Crippen LogP contribution in [0.1, 0.15) is 22.9 Å². The summed E-state index contributed by atoms with van der Waals surface area (Å²) in [6.45, 7) is 0.148. The van der Waals surface area contributed by atoms with Crippen LogP contribution in [0.3, 0.4) is 0 Å². The minimum atomic E-state index is -0.420. The van der Waals surface area contributed by atoms with Crippen LogP contribution in [0.5, 0.6) is 0 Å². The quantitative estimate of drug-likeness (QED) is 0.500. The fourth-order valence-corrected chi connectivity index (χ4v) is 3.22. The van der Waals surface area contributed by atoms with E-state index in [1.807, 2.05) is 72.8 Å². The van der Waals surface area contributed by atoms with E-state index in [0.29, 0.717) is 16.7 Å². The van der Waals surface area contributed by atoms with E-state index in [9.17, 15) is 4.79 Å². The lowest BCUT2D eigenvalue weighted by Gasteiger charge is -2.17. The number of amides is 1. The lowest BCUT2D eigenvalue weighted by atomic mass is 9.90. The van der Waals surface area contributed by atoms with Crippen molar-refractivity contribution in [3.8, 4) is 11.4 Å². The molecule has 0 aliphatic carbocycles. The lowest BCUT2D eigenvalue weighted by Crippen LogP contribution is -2.29. The van der Waals surface area contributed by atoms with Gasteiger partial charge in [-0.15, -0.1) is 0 Å². The third kappa shape index (κ3) is 4.52. The van der Waals surface area contributed by atoms with Crippen LogP contribution in [0.4, 0.5) is 0 Å². The van der Waals surface area contributed by atoms with Crippen LogP contribution >= 0.6 is 11.6 Å². The van der Waals surface area contributed by atoms with Crippen LogP contribution in [-0.2, 0) is 11.3 Å². The average Bonchev–Trinajstić information content (AvgIpc) is 3.24. The summed E-state index contributed by atoms with van der Waals surface area (Å²) in [6.07, 6.45) is 0. The molecule has 0 saturated heterocycles. The molecule has 1 heterocycles. The molecule has 0 unspecified atom stereocenters. The van der Waals surface area contributed by atoms with Crippen LogP contribution in [0.25, 0.3) is 11.4 Å². The maximum absolute atomic E-state index is 13.0. The van der Waals surface area contributed by atoms with Crippen molar-refractivity contribution in [3.05, 3.63) is 107 Å². The predicted octanol–water partition coefficient (Wildman–Crippen LogP) is 4.84. The van der Waals surface area contributed by atoms with E-state index in [1.54, 1.807) is 12.1 Å². The van der Waals surface area contributed by atoms with Gasteiger partial charge >= 0.3 is 0 Å². The Bertz CT molecular complexity index is 1040. The molecule has 5 nitrogen and oxygen atoms in total. The van der Waals surface area contributed by atoms with Crippen LogP contribution in [-0.4, -0.2) is 16.0 Å². The Kier molecular flexibility index (Phi) is 5.68. The first kappa shape index (κ1) is 18.9. The Hall–Kier alpha value is -3.44. The molecule has 0 fully saturated rings. The summed E-state index contributed by atoms with van der Waals surface area (Å²) in [7, 11) is 0. The maximum Gasteiger partial charge on any atom is 0.246 e. The molecule has 0 saturated carbocycles. The fraction of sp³-hybridized carbons (Fsp3) is 0.0870. The van der Waals surface area contributed by atoms with E-state index >= 15 is 0 Å². The molecule has 1 amide bonds. The highest BCUT2D eigenvalue weighted by molar-refractivity contribution is 6.30. The second kappa shape index (κ2) is 8.71. The smallest absolute Gasteiger partial charge is 0.246 e. The average molecular weight is 404 g/mol. The van der Waals surface area contributed by atoms with Crippen molar-refractivity contribution in [2.24, 2.45) is 0 Å². The number of nitrogens with zero attached hydrogens (tertiary/aromatic N) is 2. The summed E-state index contributed by atoms with van der Waals surface area (Å²) >= 11 is 5.91. The summed E-state index contributed by atoms with van der Waals surface area (Å²) in [5.41, 5.74) is 2.63. The molecule has 6 heteroatoms. The molecule has 3 aromatic carbocycles. The van der Waals surface area contributed by atoms with Crippen molar-refractivity contribution in [2.75, 3.05) is 0 Å². The largest absolute Gasteiger partial charge is 0.346 e. The highest BCUT2D eigenvalue weighted by Gasteiger charge is 2.23. The Morgan fingerprint density at radius 1 is 0.897 bits per heavy atom. The van der Waals surface area contributed by atoms with Crippen molar-refractivity contribution >= 4 is 17.5 Å². The molecule has 1 aromatic heterocycles. The van der Waals surface area contributed by atoms with Crippen LogP contribution < -0.4 is 5.32 Å². The van der Waals surface area contributed by atoms with Gasteiger partial charge in [-0.05, 0) is 35.4 Å². The Morgan fingerprint density at radius 3 is 2.07 bits per heavy atom. The van der Waals surface area contributed by atoms with E-state index in [0.717, 1.165) is 16.7 Å². The van der Waals surface area contributed by atoms with Crippen molar-refractivity contribution in [1.29, 1.82) is 0 Å². The van der Waals surface area contributed by atoms with Gasteiger partial charge in [-0.25, -0.2) is 0 Å². The van der Waals surface area contributed by atoms with E-state index in [1.165, 1.54) is 0 Å². The van der Waals surface area contributed by atoms with Gasteiger partial charge in [-0.3, -0.25) is 4.79 Å². The van der Waals surface area contributed by atoms with Gasteiger partial charge in [0.2, 0.25) is 17.6 Å². The Labute approximate surface area is 173 Å². The number of benzene rings is 3. The zero-order valence-corrected chi connectivity index (χ0v) is 16.2. The third-order valence-electron chi connectivity index (χ3n) is 4.51. The molecule has 4 aromatic rings. The number of rotatable bonds is 6. The molecule has 4 rings (SSSR count). The Morgan fingerprint density at radius 2 is 1.48 bits per heavy atom. The number of hydrogen-bond acceptors (Lipinski definition) is 4. The van der Waals surface area contributed by atoms with Crippen LogP contribution in [0, 0.1) is 0 Å². The third-order valence-corrected chi connectivity index (χ3v) is 4.76. The highest BCUT2D eigenvalue weighted by atomic mass is 35.5. The SMILES string of the molecule is O=C(NCc1nc(-c2ccc(Cl)cc2)no1)C(c1ccccc1)c1ccccc1. The van der Waals surface area contributed by atoms with E-state index < -0.39 is 5.92 Å². The fourth-order valence-electron chi connectivity index (χ4n) is 3.09. The van der Waals surface area contributed by atoms with E-state index in [-0.39, 0.29) is 12.5 Å². The highest BCUT2D eigenvalue weighted by Crippen LogP contribution is 2.25. The van der Waals surface area contributed by atoms with Gasteiger partial charge < -0.3 is 9.84 Å². The molecule has 0 spiro atoms. The van der Waals surface area contributed by atoms with Crippen LogP contribution in [0.15, 0.2) is 89.5 Å². The van der Waals surface area contributed by atoms with Crippen LogP contribution in [0.2, 0.25) is 5.02 Å². The zero-order valence-electron chi connectivity index (χ0n) is 15.5. The number of carbonyl (C=O) groups excluding carboxylic acids is 1. The monoisotopic (exact) mass is 403 g/mol. The second-order valence-electron chi connectivity index (χ2n) is 6.49. The van der Waals surface area contributed by atoms with Gasteiger partial charge in [0.25, 0.3) is 0 Å². The molecule has 0 aliphatic rings. The first-order valence-corrected chi connectivity index (χ1v) is 9.54. The molecule has 0 atom stereocenters. The number of aromatic nitrogens is 2. The molecule has 0 bridgehead atoms. The number of hydrogen-bond donors (Lipinski definition) is 1. The topological polar surface area (TPSA) is 68.0 Å². The van der Waals surface area contributed by atoms with Crippen molar-refractivity contribution in [3.63, 3.8) is 0 Å². The van der Waals surface area contributed by atoms with Crippen molar-refractivity contribution in [1.82, 2.24) is 15.5 Å². The Balaban J connectivity index is 1.49. The second-order valence-corrected chi connectivity index (χ2v) is 6.93. The summed E-state index contributed by atoms with van der Waals surface area (Å²) in [5, 5.41) is 7.53. The van der Waals surface area contributed by atoms with Gasteiger partial charge in [0.1, 0.15) is 0 Å². The summed E-state index contributed by atoms with van der Waals surface area (Å²) < 4.78 is 5.28. The summed E-state index contributed by atoms with van der Waals surface area (Å²) in [6, 6.07) is 26.5. The predicted molar refractivity (Wildman–Crippen MR) is 111 cm³/mol. The van der Waals surface area contributed by atoms with Crippen molar-refractivity contribution < 1.29 is 9.32 Å². The standard InChI is InChI=1S/C23H18ClN3O2/c24-19-13-11-18(12-14-19)22-26-20(29-27-22)15-25-23(28)21(16-7-3-1-4-8-16)17-9-5-2-6-10-17/h1-14,21H,15H2,(H,25,28). The van der Waals surface area contributed by atoms with Gasteiger partial charge in [-0.1, -0.05) is 77.4 Å². The van der Waals surface area contributed by atoms with E-state index in [2.05, 4.69) is 15.5 Å². The zero-order chi connectivity index (χ0) is 20.1. The number of carbonyl (C=O) groups is 1. The molecule has 0 aliphatic heterocycles. The summed E-state index contributed by atoms with van der Waals surface area (Å²) in [5.74, 6) is 0.237. The van der Waals surface area contributed by atoms with Crippen molar-refractivity contribution in [2.45, 2.75) is 12.5 Å². The minimum absolute atomic E-state index is 0.131. The number of nitrogens with one attached hydrogen (secondary N) is 1. The maximum atomic E-state index is 13.0. The molecular weight excluding hydrogens is 386 g/mol. The summed E-state index contributed by atoms with van der Waals surface area (Å²) in [4.78, 5) is 17.4. The number of halogens is 1. The first-order chi connectivity index (χ1) is 14.2. The molecular formula is C23H18ClN3O2. The van der Waals surface area contributed by atoms with Gasteiger partial charge in [0, 0.05) is 10.6 Å². The first-order valence-electron chi connectivity index (χ1n) is 9.17. The van der Waals surface area contributed by atoms with Gasteiger partial charge in [0.05, 0.1) is 12.5 Å². The normalized spacial score (nSPS) is 10.8. The minimum Gasteiger partial charge on any atom is -0.346 e. The molecule has 0 radical (unpaired) electrons. The van der Waals surface area contributed by atoms with E-state index in [4.69, 9.17) is 16.1 Å². The molecule has 29 heavy (non-hydrogen) atoms.